The van der Waals surface area contributed by atoms with E-state index in [0.29, 0.717) is 31.9 Å². The van der Waals surface area contributed by atoms with Gasteiger partial charge in [-0.3, -0.25) is 4.68 Å². The van der Waals surface area contributed by atoms with Crippen LogP contribution in [0.2, 0.25) is 0 Å². The molecule has 0 spiro atoms. The van der Waals surface area contributed by atoms with Crippen molar-refractivity contribution in [3.05, 3.63) is 12.4 Å². The van der Waals surface area contributed by atoms with Crippen LogP contribution in [0.3, 0.4) is 0 Å². The average molecular weight is 226 g/mol. The quantitative estimate of drug-likeness (QED) is 0.731. The molecule has 1 saturated heterocycles. The maximum atomic E-state index is 10.8. The Labute approximate surface area is 92.4 Å². The van der Waals surface area contributed by atoms with Crippen LogP contribution in [0.5, 0.6) is 0 Å². The number of anilines is 1. The van der Waals surface area contributed by atoms with Crippen LogP contribution in [-0.2, 0) is 11.3 Å². The first-order valence-corrected chi connectivity index (χ1v) is 5.02. The topological polar surface area (TPSA) is 93.6 Å². The van der Waals surface area contributed by atoms with Crippen molar-refractivity contribution in [1.82, 2.24) is 14.7 Å². The van der Waals surface area contributed by atoms with E-state index in [9.17, 15) is 4.79 Å². The van der Waals surface area contributed by atoms with Crippen molar-refractivity contribution in [3.8, 4) is 0 Å². The van der Waals surface area contributed by atoms with Gasteiger partial charge in [0.15, 0.2) is 0 Å². The Hall–Kier alpha value is -1.76. The Morgan fingerprint density at radius 3 is 3.19 bits per heavy atom. The SMILES string of the molecule is Nc1cnn(C[C@@H]2CN(C(=O)O)CCO2)c1. The molecule has 0 unspecified atom stereocenters. The van der Waals surface area contributed by atoms with Crippen LogP contribution in [0, 0.1) is 0 Å². The zero-order chi connectivity index (χ0) is 11.5. The summed E-state index contributed by atoms with van der Waals surface area (Å²) >= 11 is 0. The molecule has 7 nitrogen and oxygen atoms in total. The standard InChI is InChI=1S/C9H14N4O3/c10-7-3-11-13(4-7)6-8-5-12(9(14)15)1-2-16-8/h3-4,8H,1-2,5-6,10H2,(H,14,15)/t8-/m0/s1. The fraction of sp³-hybridized carbons (Fsp3) is 0.556. The van der Waals surface area contributed by atoms with Crippen LogP contribution in [0.25, 0.3) is 0 Å². The lowest BCUT2D eigenvalue weighted by molar-refractivity contribution is -0.0307. The van der Waals surface area contributed by atoms with E-state index < -0.39 is 6.09 Å². The van der Waals surface area contributed by atoms with Gasteiger partial charge in [0, 0.05) is 12.7 Å². The highest BCUT2D eigenvalue weighted by atomic mass is 16.5. The number of rotatable bonds is 2. The third-order valence-corrected chi connectivity index (χ3v) is 2.45. The molecule has 2 heterocycles. The number of carbonyl (C=O) groups is 1. The van der Waals surface area contributed by atoms with Gasteiger partial charge in [-0.1, -0.05) is 0 Å². The lowest BCUT2D eigenvalue weighted by Gasteiger charge is -2.30. The van der Waals surface area contributed by atoms with Crippen molar-refractivity contribution in [3.63, 3.8) is 0 Å². The predicted octanol–water partition coefficient (Wildman–Crippen LogP) is -0.156. The van der Waals surface area contributed by atoms with E-state index in [1.807, 2.05) is 0 Å². The van der Waals surface area contributed by atoms with Gasteiger partial charge in [0.1, 0.15) is 0 Å². The monoisotopic (exact) mass is 226 g/mol. The minimum Gasteiger partial charge on any atom is -0.465 e. The molecule has 1 amide bonds. The fourth-order valence-corrected chi connectivity index (χ4v) is 1.69. The summed E-state index contributed by atoms with van der Waals surface area (Å²) in [4.78, 5) is 12.1. The minimum atomic E-state index is -0.909. The molecule has 1 fully saturated rings. The molecule has 0 saturated carbocycles. The Morgan fingerprint density at radius 2 is 2.56 bits per heavy atom. The maximum absolute atomic E-state index is 10.8. The summed E-state index contributed by atoms with van der Waals surface area (Å²) in [5.74, 6) is 0. The van der Waals surface area contributed by atoms with Crippen LogP contribution in [0.15, 0.2) is 12.4 Å². The third kappa shape index (κ3) is 2.43. The molecule has 0 bridgehead atoms. The number of morpholine rings is 1. The summed E-state index contributed by atoms with van der Waals surface area (Å²) in [7, 11) is 0. The van der Waals surface area contributed by atoms with E-state index in [0.717, 1.165) is 0 Å². The van der Waals surface area contributed by atoms with Gasteiger partial charge in [0.2, 0.25) is 0 Å². The summed E-state index contributed by atoms with van der Waals surface area (Å²) < 4.78 is 7.12. The van der Waals surface area contributed by atoms with Crippen molar-refractivity contribution < 1.29 is 14.6 Å². The number of amides is 1. The Balaban J connectivity index is 1.92. The summed E-state index contributed by atoms with van der Waals surface area (Å²) in [6.45, 7) is 1.73. The molecular formula is C9H14N4O3. The molecule has 0 aromatic carbocycles. The molecule has 0 radical (unpaired) electrons. The first-order chi connectivity index (χ1) is 7.65. The highest BCUT2D eigenvalue weighted by Crippen LogP contribution is 2.08. The van der Waals surface area contributed by atoms with Gasteiger partial charge >= 0.3 is 6.09 Å². The van der Waals surface area contributed by atoms with Crippen molar-refractivity contribution in [2.75, 3.05) is 25.4 Å². The van der Waals surface area contributed by atoms with Crippen LogP contribution in [0.1, 0.15) is 0 Å². The average Bonchev–Trinajstić information content (AvgIpc) is 2.64. The molecule has 3 N–H and O–H groups in total. The summed E-state index contributed by atoms with van der Waals surface area (Å²) in [6, 6.07) is 0. The van der Waals surface area contributed by atoms with Gasteiger partial charge in [0.05, 0.1) is 37.7 Å². The minimum absolute atomic E-state index is 0.163. The van der Waals surface area contributed by atoms with Crippen molar-refractivity contribution in [1.29, 1.82) is 0 Å². The Bertz CT molecular complexity index is 379. The van der Waals surface area contributed by atoms with E-state index >= 15 is 0 Å². The highest BCUT2D eigenvalue weighted by molar-refractivity contribution is 5.65. The number of nitrogens with zero attached hydrogens (tertiary/aromatic N) is 3. The second kappa shape index (κ2) is 4.40. The number of hydrogen-bond donors (Lipinski definition) is 2. The first-order valence-electron chi connectivity index (χ1n) is 5.02. The van der Waals surface area contributed by atoms with E-state index in [-0.39, 0.29) is 6.10 Å². The summed E-state index contributed by atoms with van der Waals surface area (Å²) in [6.07, 6.45) is 2.18. The number of aromatic nitrogens is 2. The molecule has 0 aliphatic carbocycles. The van der Waals surface area contributed by atoms with Crippen LogP contribution < -0.4 is 5.73 Å². The second-order valence-electron chi connectivity index (χ2n) is 3.72. The van der Waals surface area contributed by atoms with E-state index in [2.05, 4.69) is 5.10 Å². The number of nitrogens with two attached hydrogens (primary N) is 1. The molecule has 1 aliphatic rings. The fourth-order valence-electron chi connectivity index (χ4n) is 1.69. The van der Waals surface area contributed by atoms with Crippen LogP contribution in [-0.4, -0.2) is 51.7 Å². The Morgan fingerprint density at radius 1 is 1.75 bits per heavy atom. The molecule has 7 heteroatoms. The van der Waals surface area contributed by atoms with Gasteiger partial charge in [-0.25, -0.2) is 4.79 Å². The molecule has 88 valence electrons. The number of hydrogen-bond acceptors (Lipinski definition) is 4. The molecular weight excluding hydrogens is 212 g/mol. The van der Waals surface area contributed by atoms with E-state index in [1.54, 1.807) is 17.1 Å². The van der Waals surface area contributed by atoms with Crippen molar-refractivity contribution >= 4 is 11.8 Å². The van der Waals surface area contributed by atoms with Crippen molar-refractivity contribution in [2.45, 2.75) is 12.6 Å². The zero-order valence-electron chi connectivity index (χ0n) is 8.74. The number of carboxylic acid groups (broad SMARTS) is 1. The second-order valence-corrected chi connectivity index (χ2v) is 3.72. The van der Waals surface area contributed by atoms with Crippen LogP contribution >= 0.6 is 0 Å². The Kier molecular flexibility index (Phi) is 2.95. The third-order valence-electron chi connectivity index (χ3n) is 2.45. The van der Waals surface area contributed by atoms with Gasteiger partial charge < -0.3 is 20.5 Å². The molecule has 1 atom stereocenters. The van der Waals surface area contributed by atoms with Gasteiger partial charge in [-0.15, -0.1) is 0 Å². The molecule has 2 rings (SSSR count). The molecule has 16 heavy (non-hydrogen) atoms. The van der Waals surface area contributed by atoms with Crippen molar-refractivity contribution in [2.24, 2.45) is 0 Å². The molecule has 1 aliphatic heterocycles. The lowest BCUT2D eigenvalue weighted by atomic mass is 10.3. The normalized spacial score (nSPS) is 21.0. The van der Waals surface area contributed by atoms with E-state index in [4.69, 9.17) is 15.6 Å². The smallest absolute Gasteiger partial charge is 0.407 e. The molecule has 1 aromatic heterocycles. The number of nitrogen functional groups attached to an aromatic ring is 1. The van der Waals surface area contributed by atoms with Gasteiger partial charge in [-0.2, -0.15) is 5.10 Å². The maximum Gasteiger partial charge on any atom is 0.407 e. The lowest BCUT2D eigenvalue weighted by Crippen LogP contribution is -2.46. The van der Waals surface area contributed by atoms with E-state index in [1.165, 1.54) is 4.90 Å². The highest BCUT2D eigenvalue weighted by Gasteiger charge is 2.24. The predicted molar refractivity (Wildman–Crippen MR) is 56.0 cm³/mol. The largest absolute Gasteiger partial charge is 0.465 e. The van der Waals surface area contributed by atoms with Gasteiger partial charge in [0.25, 0.3) is 0 Å². The zero-order valence-corrected chi connectivity index (χ0v) is 8.74. The van der Waals surface area contributed by atoms with Gasteiger partial charge in [-0.05, 0) is 0 Å². The summed E-state index contributed by atoms with van der Waals surface area (Å²) in [5, 5.41) is 12.9. The number of ether oxygens (including phenoxy) is 1. The molecule has 1 aromatic rings. The van der Waals surface area contributed by atoms with Crippen LogP contribution in [0.4, 0.5) is 10.5 Å². The summed E-state index contributed by atoms with van der Waals surface area (Å²) in [5.41, 5.74) is 6.12. The first kappa shape index (κ1) is 10.7.